The van der Waals surface area contributed by atoms with Crippen LogP contribution in [0.1, 0.15) is 11.3 Å². The summed E-state index contributed by atoms with van der Waals surface area (Å²) in [5.74, 6) is 5.17. The van der Waals surface area contributed by atoms with E-state index in [1.54, 1.807) is 6.20 Å². The zero-order chi connectivity index (χ0) is 8.27. The number of aryl methyl sites for hydroxylation is 1. The lowest BCUT2D eigenvalue weighted by Crippen LogP contribution is -2.22. The summed E-state index contributed by atoms with van der Waals surface area (Å²) in [6, 6.07) is 2.01. The molecule has 0 radical (unpaired) electrons. The highest BCUT2D eigenvalue weighted by molar-refractivity contribution is 9.10. The second-order valence-corrected chi connectivity index (χ2v) is 3.21. The smallest absolute Gasteiger partial charge is 0.0585 e. The maximum Gasteiger partial charge on any atom is 0.0585 e. The van der Waals surface area contributed by atoms with E-state index in [2.05, 4.69) is 26.3 Å². The zero-order valence-corrected chi connectivity index (χ0v) is 7.85. The lowest BCUT2D eigenvalue weighted by Gasteiger charge is -2.02. The van der Waals surface area contributed by atoms with Crippen LogP contribution >= 0.6 is 15.9 Å². The summed E-state index contributed by atoms with van der Waals surface area (Å²) in [5.41, 5.74) is 4.69. The highest BCUT2D eigenvalue weighted by atomic mass is 79.9. The first-order valence-corrected chi connectivity index (χ1v) is 4.08. The summed E-state index contributed by atoms with van der Waals surface area (Å²) >= 11 is 3.33. The molecule has 11 heavy (non-hydrogen) atoms. The average molecular weight is 216 g/mol. The van der Waals surface area contributed by atoms with Crippen molar-refractivity contribution in [2.75, 3.05) is 0 Å². The molecule has 1 aromatic heterocycles. The molecular formula is C7H10BrN3. The van der Waals surface area contributed by atoms with Crippen LogP contribution in [0.4, 0.5) is 0 Å². The van der Waals surface area contributed by atoms with Gasteiger partial charge in [0.05, 0.1) is 12.2 Å². The molecule has 1 aromatic rings. The monoisotopic (exact) mass is 215 g/mol. The van der Waals surface area contributed by atoms with E-state index in [1.807, 2.05) is 13.0 Å². The number of hydrazine groups is 1. The Morgan fingerprint density at radius 1 is 1.73 bits per heavy atom. The summed E-state index contributed by atoms with van der Waals surface area (Å²) in [5, 5.41) is 0. The normalized spacial score (nSPS) is 10.1. The zero-order valence-electron chi connectivity index (χ0n) is 6.26. The molecule has 0 aromatic carbocycles. The molecule has 0 unspecified atom stereocenters. The van der Waals surface area contributed by atoms with Crippen LogP contribution in [0.5, 0.6) is 0 Å². The number of halogens is 1. The second-order valence-electron chi connectivity index (χ2n) is 2.30. The van der Waals surface area contributed by atoms with E-state index < -0.39 is 0 Å². The Labute approximate surface area is 74.1 Å². The van der Waals surface area contributed by atoms with Gasteiger partial charge < -0.3 is 0 Å². The van der Waals surface area contributed by atoms with E-state index in [1.165, 1.54) is 0 Å². The average Bonchev–Trinajstić information content (AvgIpc) is 1.95. The van der Waals surface area contributed by atoms with Crippen LogP contribution in [0.2, 0.25) is 0 Å². The molecule has 0 saturated carbocycles. The highest BCUT2D eigenvalue weighted by Gasteiger charge is 1.97. The number of nitrogens with two attached hydrogens (primary N) is 1. The van der Waals surface area contributed by atoms with E-state index in [4.69, 9.17) is 5.84 Å². The van der Waals surface area contributed by atoms with Crippen LogP contribution in [-0.4, -0.2) is 4.98 Å². The van der Waals surface area contributed by atoms with Crippen molar-refractivity contribution in [2.24, 2.45) is 5.84 Å². The molecule has 0 amide bonds. The Kier molecular flexibility index (Phi) is 2.99. The molecule has 0 aliphatic heterocycles. The lowest BCUT2D eigenvalue weighted by molar-refractivity contribution is 0.718. The van der Waals surface area contributed by atoms with Gasteiger partial charge in [-0.05, 0) is 34.5 Å². The molecule has 0 aliphatic carbocycles. The minimum absolute atomic E-state index is 0.610. The van der Waals surface area contributed by atoms with Gasteiger partial charge in [0.2, 0.25) is 0 Å². The topological polar surface area (TPSA) is 50.9 Å². The van der Waals surface area contributed by atoms with Gasteiger partial charge in [-0.1, -0.05) is 0 Å². The standard InChI is InChI=1S/C7H10BrN3/c1-5-2-6(8)3-10-7(5)4-11-9/h2-3,11H,4,9H2,1H3. The van der Waals surface area contributed by atoms with Crippen LogP contribution in [-0.2, 0) is 6.54 Å². The summed E-state index contributed by atoms with van der Waals surface area (Å²) in [4.78, 5) is 4.18. The fourth-order valence-electron chi connectivity index (χ4n) is 0.851. The largest absolute Gasteiger partial charge is 0.271 e. The number of hydrogen-bond donors (Lipinski definition) is 2. The maximum absolute atomic E-state index is 5.17. The second kappa shape index (κ2) is 3.80. The quantitative estimate of drug-likeness (QED) is 0.575. The van der Waals surface area contributed by atoms with Crippen molar-refractivity contribution in [3.63, 3.8) is 0 Å². The van der Waals surface area contributed by atoms with E-state index in [0.717, 1.165) is 15.7 Å². The third-order valence-electron chi connectivity index (χ3n) is 1.42. The predicted molar refractivity (Wildman–Crippen MR) is 47.7 cm³/mol. The summed E-state index contributed by atoms with van der Waals surface area (Å²) in [6.07, 6.45) is 1.76. The van der Waals surface area contributed by atoms with Gasteiger partial charge in [0.25, 0.3) is 0 Å². The maximum atomic E-state index is 5.17. The van der Waals surface area contributed by atoms with Gasteiger partial charge >= 0.3 is 0 Å². The van der Waals surface area contributed by atoms with Gasteiger partial charge in [0, 0.05) is 10.7 Å². The SMILES string of the molecule is Cc1cc(Br)cnc1CNN. The molecule has 0 fully saturated rings. The van der Waals surface area contributed by atoms with Crippen molar-refractivity contribution in [2.45, 2.75) is 13.5 Å². The predicted octanol–water partition coefficient (Wildman–Crippen LogP) is 1.12. The summed E-state index contributed by atoms with van der Waals surface area (Å²) < 4.78 is 0.996. The summed E-state index contributed by atoms with van der Waals surface area (Å²) in [7, 11) is 0. The molecule has 3 nitrogen and oxygen atoms in total. The molecule has 0 spiro atoms. The van der Waals surface area contributed by atoms with E-state index in [9.17, 15) is 0 Å². The van der Waals surface area contributed by atoms with E-state index in [-0.39, 0.29) is 0 Å². The van der Waals surface area contributed by atoms with Crippen molar-refractivity contribution >= 4 is 15.9 Å². The van der Waals surface area contributed by atoms with Crippen LogP contribution in [0.15, 0.2) is 16.7 Å². The first-order valence-electron chi connectivity index (χ1n) is 3.28. The summed E-state index contributed by atoms with van der Waals surface area (Å²) in [6.45, 7) is 2.61. The molecular weight excluding hydrogens is 206 g/mol. The molecule has 1 heterocycles. The van der Waals surface area contributed by atoms with Gasteiger partial charge in [-0.2, -0.15) is 0 Å². The van der Waals surface area contributed by atoms with Crippen LogP contribution in [0.3, 0.4) is 0 Å². The van der Waals surface area contributed by atoms with Crippen molar-refractivity contribution in [3.05, 3.63) is 28.0 Å². The number of hydrogen-bond acceptors (Lipinski definition) is 3. The van der Waals surface area contributed by atoms with Crippen molar-refractivity contribution in [1.82, 2.24) is 10.4 Å². The number of rotatable bonds is 2. The Hall–Kier alpha value is -0.450. The molecule has 4 heteroatoms. The highest BCUT2D eigenvalue weighted by Crippen LogP contribution is 2.12. The van der Waals surface area contributed by atoms with Crippen molar-refractivity contribution in [3.8, 4) is 0 Å². The molecule has 1 rings (SSSR count). The molecule has 0 saturated heterocycles. The fraction of sp³-hybridized carbons (Fsp3) is 0.286. The molecule has 0 atom stereocenters. The van der Waals surface area contributed by atoms with Crippen LogP contribution < -0.4 is 11.3 Å². The van der Waals surface area contributed by atoms with E-state index in [0.29, 0.717) is 6.54 Å². The lowest BCUT2D eigenvalue weighted by atomic mass is 10.2. The van der Waals surface area contributed by atoms with Crippen molar-refractivity contribution < 1.29 is 0 Å². The Balaban J connectivity index is 2.90. The number of nitrogens with zero attached hydrogens (tertiary/aromatic N) is 1. The van der Waals surface area contributed by atoms with Crippen LogP contribution in [0, 0.1) is 6.92 Å². The Morgan fingerprint density at radius 3 is 3.00 bits per heavy atom. The minimum Gasteiger partial charge on any atom is -0.271 e. The first kappa shape index (κ1) is 8.64. The first-order chi connectivity index (χ1) is 5.24. The third-order valence-corrected chi connectivity index (χ3v) is 1.86. The van der Waals surface area contributed by atoms with Gasteiger partial charge in [-0.25, -0.2) is 0 Å². The van der Waals surface area contributed by atoms with Gasteiger partial charge in [0.15, 0.2) is 0 Å². The molecule has 0 aliphatic rings. The minimum atomic E-state index is 0.610. The molecule has 0 bridgehead atoms. The Morgan fingerprint density at radius 2 is 2.45 bits per heavy atom. The number of nitrogens with one attached hydrogen (secondary N) is 1. The molecule has 60 valence electrons. The number of pyridine rings is 1. The van der Waals surface area contributed by atoms with Gasteiger partial charge in [-0.15, -0.1) is 0 Å². The third kappa shape index (κ3) is 2.25. The van der Waals surface area contributed by atoms with Crippen molar-refractivity contribution in [1.29, 1.82) is 0 Å². The van der Waals surface area contributed by atoms with Crippen LogP contribution in [0.25, 0.3) is 0 Å². The number of aromatic nitrogens is 1. The Bertz CT molecular complexity index is 249. The van der Waals surface area contributed by atoms with E-state index >= 15 is 0 Å². The van der Waals surface area contributed by atoms with Gasteiger partial charge in [0.1, 0.15) is 0 Å². The fourth-order valence-corrected chi connectivity index (χ4v) is 1.30. The molecule has 3 N–H and O–H groups in total. The van der Waals surface area contributed by atoms with Gasteiger partial charge in [-0.3, -0.25) is 16.3 Å².